The Morgan fingerprint density at radius 3 is 2.56 bits per heavy atom. The van der Waals surface area contributed by atoms with E-state index in [9.17, 15) is 13.2 Å². The van der Waals surface area contributed by atoms with Crippen LogP contribution in [0.3, 0.4) is 0 Å². The molecule has 1 N–H and O–H groups in total. The van der Waals surface area contributed by atoms with E-state index in [1.807, 2.05) is 6.92 Å². The molecule has 1 saturated heterocycles. The third-order valence-electron chi connectivity index (χ3n) is 3.40. The van der Waals surface area contributed by atoms with Crippen molar-refractivity contribution in [1.29, 1.82) is 0 Å². The van der Waals surface area contributed by atoms with E-state index in [0.29, 0.717) is 6.42 Å². The molecule has 1 aliphatic rings. The standard InChI is InChI=1S/C12H14F3N/c1-2-12(6-3-7-16-12)8-4-5-9(13)11(15)10(8)14/h4-5,16H,2-3,6-7H2,1H3. The maximum atomic E-state index is 13.7. The quantitative estimate of drug-likeness (QED) is 0.768. The zero-order chi connectivity index (χ0) is 11.8. The maximum Gasteiger partial charge on any atom is 0.194 e. The number of hydrogen-bond donors (Lipinski definition) is 1. The molecule has 1 aliphatic heterocycles. The Labute approximate surface area is 92.7 Å². The minimum atomic E-state index is -1.38. The molecular formula is C12H14F3N. The average Bonchev–Trinajstić information content (AvgIpc) is 2.76. The molecule has 1 aromatic rings. The van der Waals surface area contributed by atoms with E-state index in [0.717, 1.165) is 25.5 Å². The molecule has 0 aromatic heterocycles. The number of hydrogen-bond acceptors (Lipinski definition) is 1. The summed E-state index contributed by atoms with van der Waals surface area (Å²) in [5.41, 5.74) is -0.287. The molecule has 1 aromatic carbocycles. The molecule has 16 heavy (non-hydrogen) atoms. The molecule has 0 amide bonds. The third-order valence-corrected chi connectivity index (χ3v) is 3.40. The fourth-order valence-corrected chi connectivity index (χ4v) is 2.42. The van der Waals surface area contributed by atoms with Gasteiger partial charge in [-0.1, -0.05) is 13.0 Å². The SMILES string of the molecule is CCC1(c2ccc(F)c(F)c2F)CCCN1. The summed E-state index contributed by atoms with van der Waals surface area (Å²) in [5.74, 6) is -3.57. The Balaban J connectivity index is 2.51. The summed E-state index contributed by atoms with van der Waals surface area (Å²) in [6, 6.07) is 2.33. The molecule has 0 spiro atoms. The summed E-state index contributed by atoms with van der Waals surface area (Å²) in [6.07, 6.45) is 2.34. The lowest BCUT2D eigenvalue weighted by Crippen LogP contribution is -2.37. The number of halogens is 3. The molecule has 0 saturated carbocycles. The van der Waals surface area contributed by atoms with E-state index in [-0.39, 0.29) is 5.56 Å². The van der Waals surface area contributed by atoms with Crippen molar-refractivity contribution in [2.24, 2.45) is 0 Å². The summed E-state index contributed by atoms with van der Waals surface area (Å²) in [6.45, 7) is 2.70. The van der Waals surface area contributed by atoms with Gasteiger partial charge in [-0.2, -0.15) is 0 Å². The van der Waals surface area contributed by atoms with Gasteiger partial charge in [-0.15, -0.1) is 0 Å². The van der Waals surface area contributed by atoms with Gasteiger partial charge in [0.05, 0.1) is 0 Å². The van der Waals surface area contributed by atoms with Crippen LogP contribution in [-0.2, 0) is 5.54 Å². The first kappa shape index (κ1) is 11.5. The molecule has 0 radical (unpaired) electrons. The third kappa shape index (κ3) is 1.61. The highest BCUT2D eigenvalue weighted by molar-refractivity contribution is 5.29. The average molecular weight is 229 g/mol. The van der Waals surface area contributed by atoms with Crippen molar-refractivity contribution < 1.29 is 13.2 Å². The van der Waals surface area contributed by atoms with Crippen LogP contribution < -0.4 is 5.32 Å². The normalized spacial score (nSPS) is 25.0. The van der Waals surface area contributed by atoms with Crippen LogP contribution in [0.25, 0.3) is 0 Å². The van der Waals surface area contributed by atoms with Crippen LogP contribution in [0.5, 0.6) is 0 Å². The summed E-state index contributed by atoms with van der Waals surface area (Å²) < 4.78 is 39.7. The van der Waals surface area contributed by atoms with Crippen LogP contribution in [0, 0.1) is 17.5 Å². The second kappa shape index (κ2) is 4.09. The zero-order valence-corrected chi connectivity index (χ0v) is 9.12. The van der Waals surface area contributed by atoms with Crippen LogP contribution >= 0.6 is 0 Å². The van der Waals surface area contributed by atoms with Gasteiger partial charge in [0, 0.05) is 11.1 Å². The Morgan fingerprint density at radius 2 is 2.00 bits per heavy atom. The van der Waals surface area contributed by atoms with E-state index < -0.39 is 23.0 Å². The fraction of sp³-hybridized carbons (Fsp3) is 0.500. The minimum Gasteiger partial charge on any atom is -0.307 e. The van der Waals surface area contributed by atoms with E-state index in [4.69, 9.17) is 0 Å². The van der Waals surface area contributed by atoms with Crippen LogP contribution in [0.15, 0.2) is 12.1 Å². The molecule has 4 heteroatoms. The number of benzene rings is 1. The Morgan fingerprint density at radius 1 is 1.25 bits per heavy atom. The highest BCUT2D eigenvalue weighted by Gasteiger charge is 2.36. The maximum absolute atomic E-state index is 13.7. The van der Waals surface area contributed by atoms with Gasteiger partial charge in [0.25, 0.3) is 0 Å². The molecule has 2 rings (SSSR count). The molecule has 1 fully saturated rings. The molecule has 1 nitrogen and oxygen atoms in total. The summed E-state index contributed by atoms with van der Waals surface area (Å²) in [5, 5.41) is 3.19. The predicted octanol–water partition coefficient (Wildman–Crippen LogP) is 3.09. The molecule has 1 heterocycles. The van der Waals surface area contributed by atoms with Gasteiger partial charge in [0.2, 0.25) is 0 Å². The highest BCUT2D eigenvalue weighted by atomic mass is 19.2. The van der Waals surface area contributed by atoms with Crippen molar-refractivity contribution in [2.75, 3.05) is 6.54 Å². The van der Waals surface area contributed by atoms with Gasteiger partial charge >= 0.3 is 0 Å². The molecule has 1 atom stereocenters. The van der Waals surface area contributed by atoms with Crippen molar-refractivity contribution in [3.63, 3.8) is 0 Å². The van der Waals surface area contributed by atoms with Crippen LogP contribution in [0.2, 0.25) is 0 Å². The first-order valence-corrected chi connectivity index (χ1v) is 5.50. The topological polar surface area (TPSA) is 12.0 Å². The van der Waals surface area contributed by atoms with Gasteiger partial charge in [-0.25, -0.2) is 13.2 Å². The van der Waals surface area contributed by atoms with E-state index >= 15 is 0 Å². The van der Waals surface area contributed by atoms with Gasteiger partial charge in [-0.05, 0) is 31.9 Å². The second-order valence-corrected chi connectivity index (χ2v) is 4.19. The number of nitrogens with one attached hydrogen (secondary N) is 1. The van der Waals surface area contributed by atoms with Gasteiger partial charge < -0.3 is 5.32 Å². The van der Waals surface area contributed by atoms with Crippen LogP contribution in [0.4, 0.5) is 13.2 Å². The first-order valence-electron chi connectivity index (χ1n) is 5.50. The van der Waals surface area contributed by atoms with Crippen molar-refractivity contribution in [1.82, 2.24) is 5.32 Å². The lowest BCUT2D eigenvalue weighted by atomic mass is 9.85. The van der Waals surface area contributed by atoms with Crippen molar-refractivity contribution in [3.8, 4) is 0 Å². The van der Waals surface area contributed by atoms with Crippen LogP contribution in [-0.4, -0.2) is 6.54 Å². The molecular weight excluding hydrogens is 215 g/mol. The smallest absolute Gasteiger partial charge is 0.194 e. The van der Waals surface area contributed by atoms with Crippen molar-refractivity contribution in [3.05, 3.63) is 35.1 Å². The van der Waals surface area contributed by atoms with Crippen molar-refractivity contribution >= 4 is 0 Å². The second-order valence-electron chi connectivity index (χ2n) is 4.19. The molecule has 0 bridgehead atoms. The van der Waals surface area contributed by atoms with E-state index in [2.05, 4.69) is 5.32 Å². The lowest BCUT2D eigenvalue weighted by molar-refractivity contribution is 0.344. The number of rotatable bonds is 2. The predicted molar refractivity (Wildman–Crippen MR) is 55.5 cm³/mol. The summed E-state index contributed by atoms with van der Waals surface area (Å²) in [7, 11) is 0. The van der Waals surface area contributed by atoms with Crippen LogP contribution in [0.1, 0.15) is 31.7 Å². The lowest BCUT2D eigenvalue weighted by Gasteiger charge is -2.29. The molecule has 1 unspecified atom stereocenters. The minimum absolute atomic E-state index is 0.242. The van der Waals surface area contributed by atoms with E-state index in [1.165, 1.54) is 6.07 Å². The highest BCUT2D eigenvalue weighted by Crippen LogP contribution is 2.36. The zero-order valence-electron chi connectivity index (χ0n) is 9.12. The first-order chi connectivity index (χ1) is 7.60. The Kier molecular flexibility index (Phi) is 2.93. The van der Waals surface area contributed by atoms with E-state index in [1.54, 1.807) is 0 Å². The fourth-order valence-electron chi connectivity index (χ4n) is 2.42. The Hall–Kier alpha value is -1.03. The monoisotopic (exact) mass is 229 g/mol. The van der Waals surface area contributed by atoms with Crippen molar-refractivity contribution in [2.45, 2.75) is 31.7 Å². The van der Waals surface area contributed by atoms with Gasteiger partial charge in [0.1, 0.15) is 0 Å². The largest absolute Gasteiger partial charge is 0.307 e. The molecule has 0 aliphatic carbocycles. The summed E-state index contributed by atoms with van der Waals surface area (Å²) in [4.78, 5) is 0. The van der Waals surface area contributed by atoms with Gasteiger partial charge in [-0.3, -0.25) is 0 Å². The Bertz CT molecular complexity index is 397. The molecule has 88 valence electrons. The van der Waals surface area contributed by atoms with Gasteiger partial charge in [0.15, 0.2) is 17.5 Å². The summed E-state index contributed by atoms with van der Waals surface area (Å²) >= 11 is 0.